The Bertz CT molecular complexity index is 683. The van der Waals surface area contributed by atoms with Gasteiger partial charge in [-0.3, -0.25) is 9.48 Å². The van der Waals surface area contributed by atoms with Crippen molar-refractivity contribution in [1.82, 2.24) is 20.0 Å². The summed E-state index contributed by atoms with van der Waals surface area (Å²) in [5.41, 5.74) is 1.17. The number of aryl methyl sites for hydroxylation is 2. The molecule has 2 aliphatic heterocycles. The molecule has 0 aromatic carbocycles. The molecule has 1 amide bonds. The molecule has 2 fully saturated rings. The van der Waals surface area contributed by atoms with Crippen molar-refractivity contribution in [3.05, 3.63) is 39.8 Å². The quantitative estimate of drug-likeness (QED) is 0.890. The van der Waals surface area contributed by atoms with Crippen molar-refractivity contribution in [2.24, 2.45) is 13.0 Å². The van der Waals surface area contributed by atoms with E-state index in [9.17, 15) is 4.79 Å². The lowest BCUT2D eigenvalue weighted by Crippen LogP contribution is -2.38. The van der Waals surface area contributed by atoms with Gasteiger partial charge in [-0.25, -0.2) is 0 Å². The zero-order valence-electron chi connectivity index (χ0n) is 14.6. The number of aromatic nitrogens is 2. The maximum Gasteiger partial charge on any atom is 0.228 e. The molecule has 0 radical (unpaired) electrons. The molecule has 2 aromatic rings. The van der Waals surface area contributed by atoms with E-state index in [1.54, 1.807) is 0 Å². The first-order valence-electron chi connectivity index (χ1n) is 8.69. The van der Waals surface area contributed by atoms with Gasteiger partial charge in [0.05, 0.1) is 18.2 Å². The maximum absolute atomic E-state index is 13.3. The minimum atomic E-state index is 0. The molecule has 136 valence electrons. The van der Waals surface area contributed by atoms with E-state index in [0.717, 1.165) is 32.5 Å². The average molecular weight is 381 g/mol. The lowest BCUT2D eigenvalue weighted by molar-refractivity contribution is -0.136. The Morgan fingerprint density at radius 1 is 1.36 bits per heavy atom. The highest BCUT2D eigenvalue weighted by molar-refractivity contribution is 7.12. The van der Waals surface area contributed by atoms with Gasteiger partial charge in [0, 0.05) is 48.6 Å². The van der Waals surface area contributed by atoms with Crippen LogP contribution < -0.4 is 5.32 Å². The van der Waals surface area contributed by atoms with E-state index in [0.29, 0.717) is 5.91 Å². The molecule has 1 N–H and O–H groups in total. The predicted molar refractivity (Wildman–Crippen MR) is 102 cm³/mol. The Labute approximate surface area is 158 Å². The Balaban J connectivity index is 0.00000182. The first kappa shape index (κ1) is 18.4. The van der Waals surface area contributed by atoms with Crippen molar-refractivity contribution in [2.45, 2.75) is 31.7 Å². The van der Waals surface area contributed by atoms with Crippen LogP contribution in [0.4, 0.5) is 0 Å². The molecule has 1 unspecified atom stereocenters. The van der Waals surface area contributed by atoms with Crippen LogP contribution in [0.15, 0.2) is 24.5 Å². The number of nitrogens with one attached hydrogen (secondary N) is 1. The average Bonchev–Trinajstić information content (AvgIpc) is 3.32. The number of rotatable bonds is 3. The minimum absolute atomic E-state index is 0. The second-order valence-corrected chi connectivity index (χ2v) is 8.28. The molecule has 0 saturated carbocycles. The fourth-order valence-corrected chi connectivity index (χ4v) is 5.12. The van der Waals surface area contributed by atoms with Crippen LogP contribution in [0.5, 0.6) is 0 Å². The number of hydrogen-bond acceptors (Lipinski definition) is 4. The molecule has 4 heterocycles. The number of carbonyl (C=O) groups excluding carboxylic acids is 1. The smallest absolute Gasteiger partial charge is 0.228 e. The summed E-state index contributed by atoms with van der Waals surface area (Å²) in [6.07, 6.45) is 6.14. The van der Waals surface area contributed by atoms with Gasteiger partial charge in [-0.1, -0.05) is 0 Å². The van der Waals surface area contributed by atoms with Crippen molar-refractivity contribution in [1.29, 1.82) is 0 Å². The molecule has 0 aliphatic carbocycles. The molecular weight excluding hydrogens is 356 g/mol. The van der Waals surface area contributed by atoms with Gasteiger partial charge in [-0.2, -0.15) is 5.10 Å². The van der Waals surface area contributed by atoms with Crippen LogP contribution in [0.3, 0.4) is 0 Å². The minimum Gasteiger partial charge on any atom is -0.335 e. The normalized spacial score (nSPS) is 26.0. The topological polar surface area (TPSA) is 50.2 Å². The molecule has 0 bridgehead atoms. The number of likely N-dealkylation sites (tertiary alicyclic amines) is 1. The molecule has 4 rings (SSSR count). The fraction of sp³-hybridized carbons (Fsp3) is 0.556. The Morgan fingerprint density at radius 3 is 2.88 bits per heavy atom. The summed E-state index contributed by atoms with van der Waals surface area (Å²) >= 11 is 1.83. The Hall–Kier alpha value is -1.37. The summed E-state index contributed by atoms with van der Waals surface area (Å²) in [5.74, 6) is 0.566. The van der Waals surface area contributed by atoms with Crippen LogP contribution >= 0.6 is 23.7 Å². The van der Waals surface area contributed by atoms with Crippen molar-refractivity contribution in [2.75, 3.05) is 19.6 Å². The highest BCUT2D eigenvalue weighted by atomic mass is 35.5. The highest BCUT2D eigenvalue weighted by Gasteiger charge is 2.40. The number of thiophene rings is 1. The summed E-state index contributed by atoms with van der Waals surface area (Å²) in [4.78, 5) is 18.1. The Kier molecular flexibility index (Phi) is 5.51. The number of hydrogen-bond donors (Lipinski definition) is 1. The standard InChI is InChI=1S/C18H24N4OS.ClH/c1-12-5-6-17(24-12)16-4-3-7-22(16)18(23)15-10-19-9-14(15)13-8-20-21(2)11-13;/h5-6,8,11,14-16,19H,3-4,7,9-10H2,1-2H3;1H/t14-,15+,16?;/m1./s1. The molecule has 5 nitrogen and oxygen atoms in total. The van der Waals surface area contributed by atoms with Gasteiger partial charge in [-0.15, -0.1) is 23.7 Å². The van der Waals surface area contributed by atoms with Crippen molar-refractivity contribution in [3.63, 3.8) is 0 Å². The van der Waals surface area contributed by atoms with Crippen LogP contribution in [0.1, 0.15) is 40.1 Å². The number of carbonyl (C=O) groups is 1. The Morgan fingerprint density at radius 2 is 2.20 bits per heavy atom. The van der Waals surface area contributed by atoms with Gasteiger partial charge >= 0.3 is 0 Å². The number of nitrogens with zero attached hydrogens (tertiary/aromatic N) is 3. The summed E-state index contributed by atoms with van der Waals surface area (Å²) in [6, 6.07) is 4.63. The van der Waals surface area contributed by atoms with E-state index in [-0.39, 0.29) is 30.3 Å². The third kappa shape index (κ3) is 3.48. The largest absolute Gasteiger partial charge is 0.335 e. The second-order valence-electron chi connectivity index (χ2n) is 6.96. The third-order valence-electron chi connectivity index (χ3n) is 5.31. The van der Waals surface area contributed by atoms with Crippen LogP contribution in [0, 0.1) is 12.8 Å². The van der Waals surface area contributed by atoms with E-state index in [2.05, 4.69) is 34.4 Å². The van der Waals surface area contributed by atoms with Crippen LogP contribution in [-0.4, -0.2) is 40.2 Å². The van der Waals surface area contributed by atoms with E-state index in [1.165, 1.54) is 15.3 Å². The fourth-order valence-electron chi connectivity index (χ4n) is 4.09. The van der Waals surface area contributed by atoms with Crippen LogP contribution in [0.25, 0.3) is 0 Å². The first-order chi connectivity index (χ1) is 11.6. The van der Waals surface area contributed by atoms with Gasteiger partial charge in [0.15, 0.2) is 0 Å². The van der Waals surface area contributed by atoms with Gasteiger partial charge in [0.25, 0.3) is 0 Å². The number of amides is 1. The maximum atomic E-state index is 13.3. The SMILES string of the molecule is Cc1ccc(C2CCCN2C(=O)[C@H]2CNC[C@@H]2c2cnn(C)c2)s1.Cl. The van der Waals surface area contributed by atoms with Gasteiger partial charge in [0.1, 0.15) is 0 Å². The van der Waals surface area contributed by atoms with E-state index in [4.69, 9.17) is 0 Å². The number of halogens is 1. The van der Waals surface area contributed by atoms with Crippen molar-refractivity contribution < 1.29 is 4.79 Å². The van der Waals surface area contributed by atoms with Crippen LogP contribution in [0.2, 0.25) is 0 Å². The van der Waals surface area contributed by atoms with E-state index >= 15 is 0 Å². The van der Waals surface area contributed by atoms with Crippen molar-refractivity contribution in [3.8, 4) is 0 Å². The molecule has 7 heteroatoms. The summed E-state index contributed by atoms with van der Waals surface area (Å²) in [7, 11) is 1.93. The molecule has 2 aromatic heterocycles. The lowest BCUT2D eigenvalue weighted by Gasteiger charge is -2.28. The highest BCUT2D eigenvalue weighted by Crippen LogP contribution is 2.39. The third-order valence-corrected chi connectivity index (χ3v) is 6.41. The molecule has 0 spiro atoms. The summed E-state index contributed by atoms with van der Waals surface area (Å²) in [5, 5.41) is 7.69. The van der Waals surface area contributed by atoms with Gasteiger partial charge in [-0.05, 0) is 37.5 Å². The summed E-state index contributed by atoms with van der Waals surface area (Å²) < 4.78 is 1.82. The zero-order chi connectivity index (χ0) is 16.7. The predicted octanol–water partition coefficient (Wildman–Crippen LogP) is 2.88. The first-order valence-corrected chi connectivity index (χ1v) is 9.51. The molecule has 25 heavy (non-hydrogen) atoms. The van der Waals surface area contributed by atoms with Gasteiger partial charge < -0.3 is 10.2 Å². The van der Waals surface area contributed by atoms with E-state index in [1.807, 2.05) is 35.5 Å². The molecule has 2 saturated heterocycles. The van der Waals surface area contributed by atoms with Gasteiger partial charge in [0.2, 0.25) is 5.91 Å². The molecular formula is C18H25ClN4OS. The molecule has 2 aliphatic rings. The zero-order valence-corrected chi connectivity index (χ0v) is 16.3. The van der Waals surface area contributed by atoms with E-state index < -0.39 is 0 Å². The lowest BCUT2D eigenvalue weighted by atomic mass is 9.89. The summed E-state index contributed by atoms with van der Waals surface area (Å²) in [6.45, 7) is 4.65. The monoisotopic (exact) mass is 380 g/mol. The van der Waals surface area contributed by atoms with Crippen molar-refractivity contribution >= 4 is 29.7 Å². The second kappa shape index (κ2) is 7.48. The molecule has 3 atom stereocenters. The van der Waals surface area contributed by atoms with Crippen LogP contribution in [-0.2, 0) is 11.8 Å².